The van der Waals surface area contributed by atoms with Crippen LogP contribution in [0.3, 0.4) is 0 Å². The summed E-state index contributed by atoms with van der Waals surface area (Å²) >= 11 is 0. The zero-order valence-corrected chi connectivity index (χ0v) is 21.8. The molecule has 1 aromatic carbocycles. The van der Waals surface area contributed by atoms with Gasteiger partial charge in [0, 0.05) is 41.7 Å². The Labute approximate surface area is 220 Å². The maximum atomic E-state index is 15.3. The number of ether oxygens (including phenoxy) is 1. The lowest BCUT2D eigenvalue weighted by molar-refractivity contribution is 0.0593. The van der Waals surface area contributed by atoms with Crippen LogP contribution in [0.4, 0.5) is 4.39 Å². The molecule has 9 heteroatoms. The average molecular weight is 516 g/mol. The van der Waals surface area contributed by atoms with Gasteiger partial charge in [-0.15, -0.1) is 0 Å². The lowest BCUT2D eigenvalue weighted by Gasteiger charge is -2.27. The highest BCUT2D eigenvalue weighted by Crippen LogP contribution is 2.28. The predicted octanol–water partition coefficient (Wildman–Crippen LogP) is 5.35. The number of aryl methyl sites for hydroxylation is 1. The van der Waals surface area contributed by atoms with Crippen molar-refractivity contribution in [2.45, 2.75) is 52.0 Å². The number of amides is 1. The van der Waals surface area contributed by atoms with Gasteiger partial charge in [-0.1, -0.05) is 31.9 Å². The molecule has 3 aromatic heterocycles. The molecule has 0 bridgehead atoms. The van der Waals surface area contributed by atoms with E-state index in [1.165, 1.54) is 25.4 Å². The van der Waals surface area contributed by atoms with Crippen LogP contribution in [-0.4, -0.2) is 56.1 Å². The van der Waals surface area contributed by atoms with E-state index in [-0.39, 0.29) is 17.6 Å². The first-order chi connectivity index (χ1) is 18.4. The van der Waals surface area contributed by atoms with E-state index in [2.05, 4.69) is 26.7 Å². The Bertz CT molecular complexity index is 1500. The predicted molar refractivity (Wildman–Crippen MR) is 141 cm³/mol. The highest BCUT2D eigenvalue weighted by molar-refractivity contribution is 5.93. The first-order valence-corrected chi connectivity index (χ1v) is 12.9. The van der Waals surface area contributed by atoms with Gasteiger partial charge in [0.25, 0.3) is 5.91 Å². The summed E-state index contributed by atoms with van der Waals surface area (Å²) in [5, 5.41) is 4.63. The molecule has 196 valence electrons. The highest BCUT2D eigenvalue weighted by Gasteiger charge is 2.25. The molecule has 1 amide bonds. The molecule has 4 heterocycles. The van der Waals surface area contributed by atoms with E-state index >= 15 is 4.39 Å². The molecule has 4 aromatic rings. The first-order valence-electron chi connectivity index (χ1n) is 12.9. The molecule has 0 N–H and O–H groups in total. The summed E-state index contributed by atoms with van der Waals surface area (Å²) in [6.07, 6.45) is 6.40. The number of pyridine rings is 1. The van der Waals surface area contributed by atoms with Crippen LogP contribution in [-0.2, 0) is 11.2 Å². The Balaban J connectivity index is 1.46. The molecule has 0 radical (unpaired) electrons. The van der Waals surface area contributed by atoms with Gasteiger partial charge in [0.05, 0.1) is 12.8 Å². The van der Waals surface area contributed by atoms with Crippen LogP contribution in [0, 0.1) is 5.82 Å². The number of aromatic nitrogens is 4. The molecule has 38 heavy (non-hydrogen) atoms. The number of esters is 1. The molecular formula is C29H30FN5O3. The van der Waals surface area contributed by atoms with Crippen LogP contribution < -0.4 is 0 Å². The maximum Gasteiger partial charge on any atom is 0.356 e. The molecule has 1 fully saturated rings. The van der Waals surface area contributed by atoms with Gasteiger partial charge in [-0.25, -0.2) is 23.7 Å². The quantitative estimate of drug-likeness (QED) is 0.333. The lowest BCUT2D eigenvalue weighted by atomic mass is 10.0. The average Bonchev–Trinajstić information content (AvgIpc) is 3.25. The molecular weight excluding hydrogens is 485 g/mol. The summed E-state index contributed by atoms with van der Waals surface area (Å²) in [6.45, 7) is 4.82. The minimum absolute atomic E-state index is 0.0679. The van der Waals surface area contributed by atoms with Crippen LogP contribution in [0.2, 0.25) is 0 Å². The fourth-order valence-electron chi connectivity index (χ4n) is 4.95. The summed E-state index contributed by atoms with van der Waals surface area (Å²) in [4.78, 5) is 35.7. The van der Waals surface area contributed by atoms with Gasteiger partial charge in [0.2, 0.25) is 0 Å². The number of halogens is 1. The summed E-state index contributed by atoms with van der Waals surface area (Å²) in [5.74, 6) is -1.05. The van der Waals surface area contributed by atoms with Gasteiger partial charge in [0.15, 0.2) is 5.65 Å². The molecule has 1 atom stereocenters. The Morgan fingerprint density at radius 3 is 2.58 bits per heavy atom. The normalized spacial score (nSPS) is 15.9. The Morgan fingerprint density at radius 1 is 1.05 bits per heavy atom. The molecule has 1 aliphatic heterocycles. The van der Waals surface area contributed by atoms with E-state index < -0.39 is 11.8 Å². The molecule has 5 rings (SSSR count). The van der Waals surface area contributed by atoms with E-state index in [0.29, 0.717) is 40.1 Å². The van der Waals surface area contributed by atoms with Crippen molar-refractivity contribution in [2.24, 2.45) is 0 Å². The van der Waals surface area contributed by atoms with Gasteiger partial charge in [-0.2, -0.15) is 5.10 Å². The molecule has 0 saturated carbocycles. The second-order valence-electron chi connectivity index (χ2n) is 9.60. The number of hydrogen-bond donors (Lipinski definition) is 0. The highest BCUT2D eigenvalue weighted by atomic mass is 19.1. The fraction of sp³-hybridized carbons (Fsp3) is 0.345. The first kappa shape index (κ1) is 25.5. The largest absolute Gasteiger partial charge is 0.464 e. The van der Waals surface area contributed by atoms with Gasteiger partial charge in [0.1, 0.15) is 17.2 Å². The van der Waals surface area contributed by atoms with Crippen LogP contribution in [0.5, 0.6) is 0 Å². The number of rotatable bonds is 5. The molecule has 1 aliphatic rings. The summed E-state index contributed by atoms with van der Waals surface area (Å²) in [5.41, 5.74) is 3.97. The number of benzene rings is 1. The van der Waals surface area contributed by atoms with Crippen molar-refractivity contribution >= 4 is 17.5 Å². The van der Waals surface area contributed by atoms with E-state index in [1.807, 2.05) is 11.8 Å². The van der Waals surface area contributed by atoms with E-state index in [4.69, 9.17) is 0 Å². The van der Waals surface area contributed by atoms with Gasteiger partial charge >= 0.3 is 5.97 Å². The van der Waals surface area contributed by atoms with E-state index in [1.54, 1.807) is 34.8 Å². The van der Waals surface area contributed by atoms with Gasteiger partial charge < -0.3 is 9.64 Å². The molecule has 8 nitrogen and oxygen atoms in total. The Hall–Kier alpha value is -4.14. The maximum absolute atomic E-state index is 15.3. The van der Waals surface area contributed by atoms with Crippen LogP contribution in [0.25, 0.3) is 28.0 Å². The second-order valence-corrected chi connectivity index (χ2v) is 9.60. The van der Waals surface area contributed by atoms with Crippen LogP contribution >= 0.6 is 0 Å². The number of nitrogens with zero attached hydrogens (tertiary/aromatic N) is 5. The number of carbonyl (C=O) groups is 2. The standard InChI is InChI=1S/C29H30FN5O3/c1-4-21-15-26(28(36)34-13-7-5-6-8-18(34)2)32-27-16-25(33-35(21)27)22-11-9-19(14-23(22)30)20-10-12-24(31-17-20)29(37)38-3/h9-12,14-18H,4-8,13H2,1-3H3/t18-/m1/s1. The number of likely N-dealkylation sites (tertiary alicyclic amines) is 1. The third-order valence-corrected chi connectivity index (χ3v) is 7.13. The SMILES string of the molecule is CCc1cc(C(=O)N2CCCCC[C@H]2C)nc2cc(-c3ccc(-c4ccc(C(=O)OC)nc4)cc3F)nn12. The van der Waals surface area contributed by atoms with Crippen LogP contribution in [0.15, 0.2) is 48.7 Å². The van der Waals surface area contributed by atoms with Crippen molar-refractivity contribution < 1.29 is 18.7 Å². The topological polar surface area (TPSA) is 89.7 Å². The van der Waals surface area contributed by atoms with Crippen molar-refractivity contribution in [3.8, 4) is 22.4 Å². The third kappa shape index (κ3) is 4.88. The molecule has 0 aliphatic carbocycles. The van der Waals surface area contributed by atoms with Crippen molar-refractivity contribution in [3.63, 3.8) is 0 Å². The van der Waals surface area contributed by atoms with Gasteiger partial charge in [-0.05, 0) is 56.0 Å². The van der Waals surface area contributed by atoms with Crippen molar-refractivity contribution in [2.75, 3.05) is 13.7 Å². The van der Waals surface area contributed by atoms with Crippen LogP contribution in [0.1, 0.15) is 66.2 Å². The zero-order valence-electron chi connectivity index (χ0n) is 21.8. The number of methoxy groups -OCH3 is 1. The molecule has 1 saturated heterocycles. The lowest BCUT2D eigenvalue weighted by Crippen LogP contribution is -2.38. The second kappa shape index (κ2) is 10.7. The summed E-state index contributed by atoms with van der Waals surface area (Å²) < 4.78 is 21.7. The molecule has 0 unspecified atom stereocenters. The minimum atomic E-state index is -0.532. The van der Waals surface area contributed by atoms with Crippen molar-refractivity contribution in [1.82, 2.24) is 24.5 Å². The number of hydrogen-bond acceptors (Lipinski definition) is 6. The fourth-order valence-corrected chi connectivity index (χ4v) is 4.95. The molecule has 0 spiro atoms. The van der Waals surface area contributed by atoms with E-state index in [0.717, 1.165) is 37.9 Å². The van der Waals surface area contributed by atoms with Crippen molar-refractivity contribution in [1.29, 1.82) is 0 Å². The smallest absolute Gasteiger partial charge is 0.356 e. The number of fused-ring (bicyclic) bond motifs is 1. The third-order valence-electron chi connectivity index (χ3n) is 7.13. The van der Waals surface area contributed by atoms with E-state index in [9.17, 15) is 9.59 Å². The minimum Gasteiger partial charge on any atom is -0.464 e. The monoisotopic (exact) mass is 515 g/mol. The summed E-state index contributed by atoms with van der Waals surface area (Å²) in [7, 11) is 1.29. The van der Waals surface area contributed by atoms with Crippen molar-refractivity contribution in [3.05, 3.63) is 71.6 Å². The van der Waals surface area contributed by atoms with Gasteiger partial charge in [-0.3, -0.25) is 4.79 Å². The zero-order chi connectivity index (χ0) is 26.8. The summed E-state index contributed by atoms with van der Waals surface area (Å²) in [6, 6.07) is 11.8. The number of carbonyl (C=O) groups excluding carboxylic acids is 2. The Morgan fingerprint density at radius 2 is 1.87 bits per heavy atom. The Kier molecular flexibility index (Phi) is 7.18.